The molecule has 0 spiro atoms. The third-order valence-corrected chi connectivity index (χ3v) is 6.13. The second kappa shape index (κ2) is 6.39. The van der Waals surface area contributed by atoms with E-state index < -0.39 is 15.8 Å². The monoisotopic (exact) mass is 334 g/mol. The van der Waals surface area contributed by atoms with Gasteiger partial charge in [-0.3, -0.25) is 4.90 Å². The van der Waals surface area contributed by atoms with Gasteiger partial charge in [0.05, 0.1) is 4.90 Å². The van der Waals surface area contributed by atoms with E-state index in [0.717, 1.165) is 5.56 Å². The van der Waals surface area contributed by atoms with Crippen molar-refractivity contribution in [3.63, 3.8) is 0 Å². The number of hydrogen-bond donors (Lipinski definition) is 0. The average Bonchev–Trinajstić information content (AvgIpc) is 2.56. The first-order chi connectivity index (χ1) is 11.0. The van der Waals surface area contributed by atoms with Crippen molar-refractivity contribution >= 4 is 10.0 Å². The quantitative estimate of drug-likeness (QED) is 0.866. The van der Waals surface area contributed by atoms with Gasteiger partial charge in [-0.1, -0.05) is 30.3 Å². The van der Waals surface area contributed by atoms with E-state index in [9.17, 15) is 12.8 Å². The molecule has 4 nitrogen and oxygen atoms in total. The second-order valence-corrected chi connectivity index (χ2v) is 7.66. The van der Waals surface area contributed by atoms with Crippen LogP contribution in [0.2, 0.25) is 0 Å². The molecule has 1 heterocycles. The Balaban J connectivity index is 1.87. The summed E-state index contributed by atoms with van der Waals surface area (Å²) in [6.07, 6.45) is 0. The highest BCUT2D eigenvalue weighted by Crippen LogP contribution is 2.27. The number of sulfonamides is 1. The highest BCUT2D eigenvalue weighted by atomic mass is 32.2. The Bertz CT molecular complexity index is 763. The smallest absolute Gasteiger partial charge is 0.243 e. The first-order valence-corrected chi connectivity index (χ1v) is 8.93. The van der Waals surface area contributed by atoms with Crippen molar-refractivity contribution < 1.29 is 12.8 Å². The second-order valence-electron chi connectivity index (χ2n) is 5.72. The Morgan fingerprint density at radius 1 is 1.00 bits per heavy atom. The molecular formula is C17H19FN2O2S. The van der Waals surface area contributed by atoms with Crippen molar-refractivity contribution in [2.24, 2.45) is 0 Å². The zero-order valence-electron chi connectivity index (χ0n) is 12.9. The molecule has 1 atom stereocenters. The van der Waals surface area contributed by atoms with Crippen LogP contribution in [0.15, 0.2) is 59.5 Å². The molecule has 122 valence electrons. The fourth-order valence-corrected chi connectivity index (χ4v) is 4.30. The molecule has 0 amide bonds. The van der Waals surface area contributed by atoms with E-state index in [1.165, 1.54) is 28.6 Å². The van der Waals surface area contributed by atoms with Crippen LogP contribution in [-0.4, -0.2) is 44.3 Å². The molecule has 3 rings (SSSR count). The zero-order valence-corrected chi connectivity index (χ0v) is 13.7. The molecule has 0 radical (unpaired) electrons. The summed E-state index contributed by atoms with van der Waals surface area (Å²) in [7, 11) is -1.60. The molecule has 0 bridgehead atoms. The highest BCUT2D eigenvalue weighted by Gasteiger charge is 2.33. The van der Waals surface area contributed by atoms with Crippen molar-refractivity contribution in [3.8, 4) is 0 Å². The number of benzene rings is 2. The summed E-state index contributed by atoms with van der Waals surface area (Å²) < 4.78 is 40.1. The molecule has 2 aromatic carbocycles. The predicted octanol–water partition coefficient (Wildman–Crippen LogP) is 2.50. The van der Waals surface area contributed by atoms with E-state index in [4.69, 9.17) is 0 Å². The maximum absolute atomic E-state index is 13.0. The van der Waals surface area contributed by atoms with Gasteiger partial charge in [0.1, 0.15) is 5.82 Å². The van der Waals surface area contributed by atoms with Gasteiger partial charge in [0.15, 0.2) is 0 Å². The molecule has 0 aliphatic carbocycles. The normalized spacial score (nSPS) is 20.5. The van der Waals surface area contributed by atoms with E-state index in [-0.39, 0.29) is 10.9 Å². The third kappa shape index (κ3) is 3.29. The number of nitrogens with zero attached hydrogens (tertiary/aromatic N) is 2. The minimum atomic E-state index is -3.60. The standard InChI is InChI=1S/C17H19FN2O2S/c1-19-11-12-20(13-17(19)14-5-3-2-4-6-14)23(21,22)16-9-7-15(18)8-10-16/h2-10,17H,11-13H2,1H3/t17-/m1/s1. The van der Waals surface area contributed by atoms with Gasteiger partial charge in [-0.05, 0) is 36.9 Å². The Labute approximate surface area is 136 Å². The fourth-order valence-electron chi connectivity index (χ4n) is 2.86. The Hall–Kier alpha value is -1.76. The van der Waals surface area contributed by atoms with E-state index in [1.807, 2.05) is 37.4 Å². The molecule has 0 unspecified atom stereocenters. The number of likely N-dealkylation sites (N-methyl/N-ethyl adjacent to an activating group) is 1. The summed E-state index contributed by atoms with van der Waals surface area (Å²) in [5.74, 6) is -0.440. The van der Waals surface area contributed by atoms with Gasteiger partial charge in [0.25, 0.3) is 0 Å². The van der Waals surface area contributed by atoms with Gasteiger partial charge in [-0.25, -0.2) is 12.8 Å². The van der Waals surface area contributed by atoms with Gasteiger partial charge in [0, 0.05) is 25.7 Å². The minimum Gasteiger partial charge on any atom is -0.297 e. The molecule has 6 heteroatoms. The molecular weight excluding hydrogens is 315 g/mol. The lowest BCUT2D eigenvalue weighted by molar-refractivity contribution is 0.148. The van der Waals surface area contributed by atoms with Crippen molar-refractivity contribution in [3.05, 3.63) is 66.0 Å². The van der Waals surface area contributed by atoms with Crippen LogP contribution in [0.1, 0.15) is 11.6 Å². The van der Waals surface area contributed by atoms with Gasteiger partial charge in [-0.2, -0.15) is 4.31 Å². The molecule has 1 aliphatic heterocycles. The zero-order chi connectivity index (χ0) is 16.4. The van der Waals surface area contributed by atoms with Gasteiger partial charge >= 0.3 is 0 Å². The number of halogens is 1. The molecule has 1 saturated heterocycles. The lowest BCUT2D eigenvalue weighted by Gasteiger charge is -2.39. The number of hydrogen-bond acceptors (Lipinski definition) is 3. The van der Waals surface area contributed by atoms with E-state index in [1.54, 1.807) is 0 Å². The molecule has 0 aromatic heterocycles. The minimum absolute atomic E-state index is 0.0140. The lowest BCUT2D eigenvalue weighted by atomic mass is 10.0. The molecule has 0 saturated carbocycles. The van der Waals surface area contributed by atoms with Crippen LogP contribution in [0.3, 0.4) is 0 Å². The maximum atomic E-state index is 13.0. The third-order valence-electron chi connectivity index (χ3n) is 4.25. The first-order valence-electron chi connectivity index (χ1n) is 7.49. The summed E-state index contributed by atoms with van der Waals surface area (Å²) in [4.78, 5) is 2.29. The van der Waals surface area contributed by atoms with E-state index in [2.05, 4.69) is 4.90 Å². The average molecular weight is 334 g/mol. The van der Waals surface area contributed by atoms with Crippen LogP contribution in [0.5, 0.6) is 0 Å². The summed E-state index contributed by atoms with van der Waals surface area (Å²) >= 11 is 0. The van der Waals surface area contributed by atoms with Gasteiger partial charge < -0.3 is 0 Å². The van der Waals surface area contributed by atoms with Gasteiger partial charge in [0.2, 0.25) is 10.0 Å². The SMILES string of the molecule is CN1CCN(S(=O)(=O)c2ccc(F)cc2)C[C@@H]1c1ccccc1. The van der Waals surface area contributed by atoms with Crippen LogP contribution in [0.25, 0.3) is 0 Å². The summed E-state index contributed by atoms with van der Waals surface area (Å²) in [6.45, 7) is 1.47. The van der Waals surface area contributed by atoms with Crippen LogP contribution >= 0.6 is 0 Å². The van der Waals surface area contributed by atoms with Crippen LogP contribution in [0.4, 0.5) is 4.39 Å². The van der Waals surface area contributed by atoms with Crippen LogP contribution < -0.4 is 0 Å². The highest BCUT2D eigenvalue weighted by molar-refractivity contribution is 7.89. The summed E-state index contributed by atoms with van der Waals surface area (Å²) in [6, 6.07) is 14.9. The van der Waals surface area contributed by atoms with Crippen molar-refractivity contribution in [2.45, 2.75) is 10.9 Å². The maximum Gasteiger partial charge on any atom is 0.243 e. The summed E-state index contributed by atoms with van der Waals surface area (Å²) in [5.41, 5.74) is 1.09. The van der Waals surface area contributed by atoms with E-state index in [0.29, 0.717) is 19.6 Å². The van der Waals surface area contributed by atoms with Crippen LogP contribution in [0, 0.1) is 5.82 Å². The molecule has 0 N–H and O–H groups in total. The Kier molecular flexibility index (Phi) is 4.48. The molecule has 1 aliphatic rings. The lowest BCUT2D eigenvalue weighted by Crippen LogP contribution is -2.48. The first kappa shape index (κ1) is 16.1. The number of rotatable bonds is 3. The number of piperazine rings is 1. The Morgan fingerprint density at radius 2 is 1.65 bits per heavy atom. The van der Waals surface area contributed by atoms with Crippen LogP contribution in [-0.2, 0) is 10.0 Å². The molecule has 2 aromatic rings. The molecule has 23 heavy (non-hydrogen) atoms. The largest absolute Gasteiger partial charge is 0.297 e. The molecule has 1 fully saturated rings. The fraction of sp³-hybridized carbons (Fsp3) is 0.294. The van der Waals surface area contributed by atoms with Crippen molar-refractivity contribution in [2.75, 3.05) is 26.7 Å². The summed E-state index contributed by atoms with van der Waals surface area (Å²) in [5, 5.41) is 0. The predicted molar refractivity (Wildman–Crippen MR) is 87.0 cm³/mol. The van der Waals surface area contributed by atoms with Gasteiger partial charge in [-0.15, -0.1) is 0 Å². The topological polar surface area (TPSA) is 40.6 Å². The van der Waals surface area contributed by atoms with E-state index >= 15 is 0 Å². The van der Waals surface area contributed by atoms with Crippen molar-refractivity contribution in [1.29, 1.82) is 0 Å². The Morgan fingerprint density at radius 3 is 2.30 bits per heavy atom. The van der Waals surface area contributed by atoms with Crippen molar-refractivity contribution in [1.82, 2.24) is 9.21 Å².